The van der Waals surface area contributed by atoms with Crippen molar-refractivity contribution in [2.45, 2.75) is 110 Å². The Morgan fingerprint density at radius 3 is 1.72 bits per heavy atom. The molecule has 0 aliphatic carbocycles. The first kappa shape index (κ1) is 50.8. The third-order valence-electron chi connectivity index (χ3n) is 7.72. The molecule has 16 heteroatoms. The molecule has 0 saturated carbocycles. The largest absolute Gasteiger partial charge is 0.377 e. The first-order valence-corrected chi connectivity index (χ1v) is 19.9. The van der Waals surface area contributed by atoms with E-state index < -0.39 is 14.1 Å². The molecule has 0 aliphatic heterocycles. The van der Waals surface area contributed by atoms with Gasteiger partial charge in [-0.3, -0.25) is 14.4 Å². The molecule has 0 bridgehead atoms. The Kier molecular flexibility index (Phi) is 32.3. The van der Waals surface area contributed by atoms with E-state index in [1.807, 2.05) is 0 Å². The van der Waals surface area contributed by atoms with Crippen molar-refractivity contribution in [2.24, 2.45) is 0 Å². The maximum Gasteiger partial charge on any atom is 0.259 e. The monoisotopic (exact) mass is 781 g/mol. The van der Waals surface area contributed by atoms with Gasteiger partial charge in [-0.2, -0.15) is 5.26 Å². The summed E-state index contributed by atoms with van der Waals surface area (Å²) in [5, 5.41) is 17.7. The number of nitriles is 1. The molecule has 54 heavy (non-hydrogen) atoms. The first-order chi connectivity index (χ1) is 26.1. The zero-order valence-corrected chi connectivity index (χ0v) is 33.8. The number of rotatable bonds is 36. The molecule has 0 heterocycles. The zero-order chi connectivity index (χ0) is 40.3. The van der Waals surface area contributed by atoms with Crippen molar-refractivity contribution in [2.75, 3.05) is 79.2 Å². The standard InChI is InChI=1S/C38H64N5O10P/c1-7-23-48-29-31-50-27-20-40-35(45)14-17-38(16-11-22-44,18-15-36(46)41-21-28-51-32-30-49-24-8-2)42-37(47)13-9-10-25-52-54(53-26-12-19-39)43(33(3)4)34(5)6/h1-2,22,33-34H,9-18,20-21,23-32H2,3-6H3,(H,40,45)(H,41,46)(H,42,47). The molecule has 306 valence electrons. The molecule has 0 aromatic carbocycles. The molecule has 3 amide bonds. The van der Waals surface area contributed by atoms with Crippen LogP contribution < -0.4 is 16.0 Å². The van der Waals surface area contributed by atoms with Crippen molar-refractivity contribution in [3.05, 3.63) is 0 Å². The van der Waals surface area contributed by atoms with Crippen LogP contribution in [0.5, 0.6) is 0 Å². The number of hydrogen-bond acceptors (Lipinski definition) is 12. The highest BCUT2D eigenvalue weighted by atomic mass is 31.2. The lowest BCUT2D eigenvalue weighted by atomic mass is 9.83. The number of nitrogens with one attached hydrogen (secondary N) is 3. The minimum Gasteiger partial charge on any atom is -0.377 e. The van der Waals surface area contributed by atoms with Crippen molar-refractivity contribution in [3.63, 3.8) is 0 Å². The maximum atomic E-state index is 13.4. The topological polar surface area (TPSA) is 187 Å². The van der Waals surface area contributed by atoms with Crippen LogP contribution >= 0.6 is 8.53 Å². The Labute approximate surface area is 324 Å². The Bertz CT molecular complexity index is 1100. The third-order valence-corrected chi connectivity index (χ3v) is 9.83. The summed E-state index contributed by atoms with van der Waals surface area (Å²) in [5.41, 5.74) is -0.975. The summed E-state index contributed by atoms with van der Waals surface area (Å²) in [4.78, 5) is 50.5. The number of unbranched alkanes of at least 4 members (excludes halogenated alkanes) is 1. The van der Waals surface area contributed by atoms with Crippen molar-refractivity contribution >= 4 is 32.5 Å². The van der Waals surface area contributed by atoms with Crippen molar-refractivity contribution < 1.29 is 47.2 Å². The third kappa shape index (κ3) is 27.4. The Morgan fingerprint density at radius 1 is 0.722 bits per heavy atom. The van der Waals surface area contributed by atoms with Crippen LogP contribution in [0.3, 0.4) is 0 Å². The second kappa shape index (κ2) is 34.3. The van der Waals surface area contributed by atoms with Crippen LogP contribution in [0.25, 0.3) is 0 Å². The lowest BCUT2D eigenvalue weighted by Crippen LogP contribution is -2.50. The summed E-state index contributed by atoms with van der Waals surface area (Å²) in [7, 11) is -1.39. The summed E-state index contributed by atoms with van der Waals surface area (Å²) in [5.74, 6) is 4.00. The number of hydrogen-bond donors (Lipinski definition) is 3. The van der Waals surface area contributed by atoms with E-state index in [9.17, 15) is 19.2 Å². The smallest absolute Gasteiger partial charge is 0.259 e. The predicted octanol–water partition coefficient (Wildman–Crippen LogP) is 3.41. The number of carbonyl (C=O) groups excluding carboxylic acids is 4. The minimum absolute atomic E-state index is 0.0625. The highest BCUT2D eigenvalue weighted by Gasteiger charge is 2.33. The lowest BCUT2D eigenvalue weighted by molar-refractivity contribution is -0.126. The van der Waals surface area contributed by atoms with E-state index in [0.717, 1.165) is 6.29 Å². The van der Waals surface area contributed by atoms with Crippen LogP contribution in [0, 0.1) is 36.0 Å². The average Bonchev–Trinajstić information content (AvgIpc) is 3.13. The van der Waals surface area contributed by atoms with Gasteiger partial charge in [-0.25, -0.2) is 4.67 Å². The number of carbonyl (C=O) groups is 4. The van der Waals surface area contributed by atoms with Gasteiger partial charge < -0.3 is 48.7 Å². The van der Waals surface area contributed by atoms with E-state index in [1.54, 1.807) is 0 Å². The predicted molar refractivity (Wildman–Crippen MR) is 207 cm³/mol. The Balaban J connectivity index is 5.35. The molecule has 3 N–H and O–H groups in total. The highest BCUT2D eigenvalue weighted by Crippen LogP contribution is 2.46. The van der Waals surface area contributed by atoms with Crippen molar-refractivity contribution in [1.82, 2.24) is 20.6 Å². The summed E-state index contributed by atoms with van der Waals surface area (Å²) in [6.45, 7) is 11.8. The van der Waals surface area contributed by atoms with E-state index in [1.165, 1.54) is 0 Å². The van der Waals surface area contributed by atoms with E-state index >= 15 is 0 Å². The summed E-state index contributed by atoms with van der Waals surface area (Å²) in [6, 6.07) is 2.43. The highest BCUT2D eigenvalue weighted by molar-refractivity contribution is 7.44. The van der Waals surface area contributed by atoms with Gasteiger partial charge in [0, 0.05) is 56.4 Å². The number of aldehydes is 1. The fourth-order valence-corrected chi connectivity index (χ4v) is 6.84. The van der Waals surface area contributed by atoms with Crippen LogP contribution in [0.2, 0.25) is 0 Å². The van der Waals surface area contributed by atoms with E-state index in [4.69, 9.17) is 46.1 Å². The first-order valence-electron chi connectivity index (χ1n) is 18.7. The SMILES string of the molecule is C#CCOCCOCCNC(=O)CCC(CCC=O)(CCC(=O)NCCOCCOCC#C)NC(=O)CCCCOP(OCCC#N)N(C(C)C)C(C)C. The molecule has 0 fully saturated rings. The summed E-state index contributed by atoms with van der Waals surface area (Å²) in [6.07, 6.45) is 13.6. The van der Waals surface area contributed by atoms with Gasteiger partial charge in [-0.05, 0) is 59.8 Å². The number of ether oxygens (including phenoxy) is 4. The van der Waals surface area contributed by atoms with Crippen LogP contribution in [0.1, 0.15) is 91.9 Å². The Morgan fingerprint density at radius 2 is 1.24 bits per heavy atom. The van der Waals surface area contributed by atoms with E-state index in [2.05, 4.69) is 66.2 Å². The molecular weight excluding hydrogens is 717 g/mol. The molecule has 0 radical (unpaired) electrons. The molecule has 0 saturated heterocycles. The van der Waals surface area contributed by atoms with Gasteiger partial charge in [-0.15, -0.1) is 12.8 Å². The molecule has 1 atom stereocenters. The summed E-state index contributed by atoms with van der Waals surface area (Å²) < 4.78 is 35.4. The molecule has 0 aliphatic rings. The normalized spacial score (nSPS) is 11.9. The molecule has 0 aromatic heterocycles. The number of amides is 3. The van der Waals surface area contributed by atoms with Gasteiger partial charge in [-0.1, -0.05) is 11.8 Å². The van der Waals surface area contributed by atoms with Gasteiger partial charge in [0.25, 0.3) is 8.53 Å². The van der Waals surface area contributed by atoms with E-state index in [-0.39, 0.29) is 127 Å². The van der Waals surface area contributed by atoms with Gasteiger partial charge in [0.15, 0.2) is 0 Å². The second-order valence-corrected chi connectivity index (χ2v) is 14.3. The Hall–Kier alpha value is -3.16. The average molecular weight is 782 g/mol. The fourth-order valence-electron chi connectivity index (χ4n) is 5.21. The van der Waals surface area contributed by atoms with E-state index in [0.29, 0.717) is 45.9 Å². The van der Waals surface area contributed by atoms with Crippen LogP contribution in [-0.2, 0) is 47.2 Å². The summed E-state index contributed by atoms with van der Waals surface area (Å²) >= 11 is 0. The van der Waals surface area contributed by atoms with Gasteiger partial charge in [0.2, 0.25) is 17.7 Å². The van der Waals surface area contributed by atoms with Crippen LogP contribution in [0.4, 0.5) is 0 Å². The molecule has 1 unspecified atom stereocenters. The zero-order valence-electron chi connectivity index (χ0n) is 32.9. The molecular formula is C38H64N5O10P. The second-order valence-electron chi connectivity index (χ2n) is 12.8. The van der Waals surface area contributed by atoms with Crippen molar-refractivity contribution in [3.8, 4) is 30.8 Å². The van der Waals surface area contributed by atoms with Gasteiger partial charge in [0.1, 0.15) is 19.5 Å². The molecule has 0 spiro atoms. The van der Waals surface area contributed by atoms with Gasteiger partial charge >= 0.3 is 0 Å². The molecule has 0 rings (SSSR count). The number of terminal acetylenes is 2. The fraction of sp³-hybridized carbons (Fsp3) is 0.763. The quantitative estimate of drug-likeness (QED) is 0.0365. The minimum atomic E-state index is -1.39. The molecule has 15 nitrogen and oxygen atoms in total. The maximum absolute atomic E-state index is 13.4. The van der Waals surface area contributed by atoms with Crippen LogP contribution in [-0.4, -0.2) is 125 Å². The lowest BCUT2D eigenvalue weighted by Gasteiger charge is -2.35. The number of nitrogens with zero attached hydrogens (tertiary/aromatic N) is 2. The van der Waals surface area contributed by atoms with Crippen molar-refractivity contribution in [1.29, 1.82) is 5.26 Å². The van der Waals surface area contributed by atoms with Crippen LogP contribution in [0.15, 0.2) is 0 Å². The molecule has 0 aromatic rings. The van der Waals surface area contributed by atoms with Gasteiger partial charge in [0.05, 0.1) is 65.3 Å².